The van der Waals surface area contributed by atoms with Gasteiger partial charge >= 0.3 is 0 Å². The second kappa shape index (κ2) is 7.32. The first-order valence-corrected chi connectivity index (χ1v) is 8.57. The minimum absolute atomic E-state index is 0.516. The molecule has 0 fully saturated rings. The van der Waals surface area contributed by atoms with Crippen molar-refractivity contribution in [3.8, 4) is 0 Å². The number of thiazole rings is 1. The number of nitrogens with zero attached hydrogens (tertiary/aromatic N) is 1. The highest BCUT2D eigenvalue weighted by Gasteiger charge is 2.15. The van der Waals surface area contributed by atoms with Crippen LogP contribution in [0.5, 0.6) is 0 Å². The van der Waals surface area contributed by atoms with Crippen LogP contribution >= 0.6 is 34.5 Å². The summed E-state index contributed by atoms with van der Waals surface area (Å²) in [4.78, 5) is 5.04. The van der Waals surface area contributed by atoms with E-state index in [4.69, 9.17) is 23.2 Å². The van der Waals surface area contributed by atoms with Crippen LogP contribution in [0.3, 0.4) is 0 Å². The Bertz CT molecular complexity index is 792. The molecule has 0 amide bonds. The molecule has 6 heteroatoms. The second-order valence-corrected chi connectivity index (χ2v) is 7.11. The minimum atomic E-state index is -0.748. The summed E-state index contributed by atoms with van der Waals surface area (Å²) in [6, 6.07) is 14.9. The molecule has 2 aromatic carbocycles. The van der Waals surface area contributed by atoms with Gasteiger partial charge in [0.25, 0.3) is 0 Å². The van der Waals surface area contributed by atoms with Crippen LogP contribution in [0, 0.1) is 0 Å². The van der Waals surface area contributed by atoms with Crippen molar-refractivity contribution in [1.29, 1.82) is 0 Å². The molecule has 23 heavy (non-hydrogen) atoms. The maximum absolute atomic E-state index is 10.7. The van der Waals surface area contributed by atoms with E-state index in [1.165, 1.54) is 11.3 Å². The van der Waals surface area contributed by atoms with Crippen molar-refractivity contribution in [2.45, 2.75) is 12.6 Å². The number of benzene rings is 2. The van der Waals surface area contributed by atoms with Crippen LogP contribution < -0.4 is 5.32 Å². The summed E-state index contributed by atoms with van der Waals surface area (Å²) >= 11 is 13.4. The van der Waals surface area contributed by atoms with Crippen LogP contribution in [0.4, 0.5) is 5.69 Å². The molecule has 1 atom stereocenters. The molecule has 0 saturated carbocycles. The first kappa shape index (κ1) is 16.3. The normalized spacial score (nSPS) is 12.1. The van der Waals surface area contributed by atoms with E-state index in [0.29, 0.717) is 16.0 Å². The number of rotatable bonds is 5. The summed E-state index contributed by atoms with van der Waals surface area (Å²) in [5, 5.41) is 14.6. The lowest BCUT2D eigenvalue weighted by molar-refractivity contribution is 0.221. The van der Waals surface area contributed by atoms with Crippen LogP contribution in [0.1, 0.15) is 22.1 Å². The van der Waals surface area contributed by atoms with E-state index in [2.05, 4.69) is 10.3 Å². The average Bonchev–Trinajstić information content (AvgIpc) is 2.99. The maximum Gasteiger partial charge on any atom is 0.183 e. The van der Waals surface area contributed by atoms with E-state index in [1.807, 2.05) is 36.4 Å². The van der Waals surface area contributed by atoms with Gasteiger partial charge in [0, 0.05) is 27.3 Å². The van der Waals surface area contributed by atoms with E-state index in [9.17, 15) is 5.11 Å². The van der Waals surface area contributed by atoms with Crippen LogP contribution in [0.25, 0.3) is 0 Å². The van der Waals surface area contributed by atoms with Gasteiger partial charge in [0.1, 0.15) is 6.10 Å². The molecular weight excluding hydrogens is 351 g/mol. The second-order valence-electron chi connectivity index (χ2n) is 4.98. The van der Waals surface area contributed by atoms with Gasteiger partial charge in [-0.1, -0.05) is 53.5 Å². The zero-order valence-electron chi connectivity index (χ0n) is 12.0. The van der Waals surface area contributed by atoms with Crippen molar-refractivity contribution in [1.82, 2.24) is 4.98 Å². The Morgan fingerprint density at radius 1 is 1.13 bits per heavy atom. The minimum Gasteiger partial charge on any atom is -0.384 e. The standard InChI is InChI=1S/C17H14Cl2N2OS/c18-12-6-7-15(20-9-13-10-21-17(19)23-13)14(8-12)16(22)11-4-2-1-3-5-11/h1-8,10,16,20,22H,9H2. The monoisotopic (exact) mass is 364 g/mol. The zero-order valence-corrected chi connectivity index (χ0v) is 14.4. The number of hydrogen-bond donors (Lipinski definition) is 2. The average molecular weight is 365 g/mol. The Balaban J connectivity index is 1.85. The van der Waals surface area contributed by atoms with Gasteiger partial charge in [-0.3, -0.25) is 0 Å². The number of aromatic nitrogens is 1. The summed E-state index contributed by atoms with van der Waals surface area (Å²) in [5.41, 5.74) is 2.38. The molecule has 2 N–H and O–H groups in total. The molecule has 3 rings (SSSR count). The van der Waals surface area contributed by atoms with Crippen molar-refractivity contribution < 1.29 is 5.11 Å². The van der Waals surface area contributed by atoms with Gasteiger partial charge in [-0.2, -0.15) is 0 Å². The van der Waals surface area contributed by atoms with Gasteiger partial charge < -0.3 is 10.4 Å². The van der Waals surface area contributed by atoms with Crippen LogP contribution in [0.2, 0.25) is 9.49 Å². The van der Waals surface area contributed by atoms with Crippen molar-refractivity contribution in [3.63, 3.8) is 0 Å². The molecule has 0 radical (unpaired) electrons. The highest BCUT2D eigenvalue weighted by molar-refractivity contribution is 7.15. The van der Waals surface area contributed by atoms with Crippen LogP contribution in [0.15, 0.2) is 54.7 Å². The molecule has 0 aliphatic rings. The van der Waals surface area contributed by atoms with E-state index >= 15 is 0 Å². The highest BCUT2D eigenvalue weighted by atomic mass is 35.5. The van der Waals surface area contributed by atoms with Gasteiger partial charge in [0.05, 0.1) is 6.54 Å². The quantitative estimate of drug-likeness (QED) is 0.658. The van der Waals surface area contributed by atoms with Crippen molar-refractivity contribution in [3.05, 3.63) is 80.2 Å². The van der Waals surface area contributed by atoms with Gasteiger partial charge in [-0.05, 0) is 23.8 Å². The molecule has 0 aliphatic heterocycles. The van der Waals surface area contributed by atoms with Crippen LogP contribution in [-0.2, 0) is 6.54 Å². The molecule has 0 aliphatic carbocycles. The molecule has 3 aromatic rings. The van der Waals surface area contributed by atoms with Crippen molar-refractivity contribution in [2.24, 2.45) is 0 Å². The molecule has 3 nitrogen and oxygen atoms in total. The fourth-order valence-corrected chi connectivity index (χ4v) is 3.38. The molecule has 1 unspecified atom stereocenters. The third kappa shape index (κ3) is 4.03. The van der Waals surface area contributed by atoms with E-state index in [1.54, 1.807) is 18.3 Å². The summed E-state index contributed by atoms with van der Waals surface area (Å²) in [6.07, 6.45) is 0.992. The number of anilines is 1. The van der Waals surface area contributed by atoms with Crippen molar-refractivity contribution in [2.75, 3.05) is 5.32 Å². The summed E-state index contributed by atoms with van der Waals surface area (Å²) in [7, 11) is 0. The highest BCUT2D eigenvalue weighted by Crippen LogP contribution is 2.31. The largest absolute Gasteiger partial charge is 0.384 e. The molecule has 118 valence electrons. The lowest BCUT2D eigenvalue weighted by atomic mass is 10.00. The first-order chi connectivity index (χ1) is 11.1. The molecule has 1 heterocycles. The molecule has 1 aromatic heterocycles. The van der Waals surface area contributed by atoms with E-state index < -0.39 is 6.10 Å². The predicted molar refractivity (Wildman–Crippen MR) is 96.4 cm³/mol. The molecule has 0 saturated heterocycles. The van der Waals surface area contributed by atoms with E-state index in [-0.39, 0.29) is 0 Å². The number of halogens is 2. The smallest absolute Gasteiger partial charge is 0.183 e. The van der Waals surface area contributed by atoms with E-state index in [0.717, 1.165) is 21.7 Å². The lowest BCUT2D eigenvalue weighted by Crippen LogP contribution is -2.06. The Morgan fingerprint density at radius 2 is 1.91 bits per heavy atom. The summed E-state index contributed by atoms with van der Waals surface area (Å²) < 4.78 is 0.516. The van der Waals surface area contributed by atoms with Crippen LogP contribution in [-0.4, -0.2) is 10.1 Å². The first-order valence-electron chi connectivity index (χ1n) is 7.00. The summed E-state index contributed by atoms with van der Waals surface area (Å²) in [6.45, 7) is 0.584. The zero-order chi connectivity index (χ0) is 16.2. The number of hydrogen-bond acceptors (Lipinski definition) is 4. The molecule has 0 spiro atoms. The van der Waals surface area contributed by atoms with Gasteiger partial charge in [0.2, 0.25) is 0 Å². The lowest BCUT2D eigenvalue weighted by Gasteiger charge is -2.17. The number of nitrogens with one attached hydrogen (secondary N) is 1. The SMILES string of the molecule is OC(c1ccccc1)c1cc(Cl)ccc1NCc1cnc(Cl)s1. The number of aliphatic hydroxyl groups excluding tert-OH is 1. The fourth-order valence-electron chi connectivity index (χ4n) is 2.28. The predicted octanol–water partition coefficient (Wildman–Crippen LogP) is 5.14. The molecular formula is C17H14Cl2N2OS. The molecule has 0 bridgehead atoms. The summed E-state index contributed by atoms with van der Waals surface area (Å²) in [5.74, 6) is 0. The Hall–Kier alpha value is -1.59. The topological polar surface area (TPSA) is 45.1 Å². The Labute approximate surface area is 148 Å². The Kier molecular flexibility index (Phi) is 5.18. The third-order valence-electron chi connectivity index (χ3n) is 3.40. The number of aliphatic hydroxyl groups is 1. The Morgan fingerprint density at radius 3 is 2.61 bits per heavy atom. The third-order valence-corrected chi connectivity index (χ3v) is 4.75. The van der Waals surface area contributed by atoms with Gasteiger partial charge in [-0.25, -0.2) is 4.98 Å². The van der Waals surface area contributed by atoms with Crippen molar-refractivity contribution >= 4 is 40.2 Å². The fraction of sp³-hybridized carbons (Fsp3) is 0.118. The van der Waals surface area contributed by atoms with Gasteiger partial charge in [0.15, 0.2) is 4.47 Å². The maximum atomic E-state index is 10.7. The van der Waals surface area contributed by atoms with Gasteiger partial charge in [-0.15, -0.1) is 11.3 Å².